The van der Waals surface area contributed by atoms with E-state index in [-0.39, 0.29) is 12.5 Å². The standard InChI is InChI=1S/C26H27N3O3S/c27-23(30)17-32-20-12-8-9-18(15-20)16-28-26-24(25(31)29-19-10-4-3-5-11-19)21-13-6-1-2-7-14-22(21)33-26/h3-5,8-12,15-16H,1-2,6-7,13-14,17H2,(H2,27,30)(H,29,31). The van der Waals surface area contributed by atoms with Gasteiger partial charge in [0.15, 0.2) is 6.61 Å². The molecule has 0 spiro atoms. The van der Waals surface area contributed by atoms with Gasteiger partial charge in [-0.25, -0.2) is 4.99 Å². The second-order valence-electron chi connectivity index (χ2n) is 8.00. The number of anilines is 1. The van der Waals surface area contributed by atoms with Gasteiger partial charge in [0, 0.05) is 16.8 Å². The summed E-state index contributed by atoms with van der Waals surface area (Å²) in [5.74, 6) is -0.109. The summed E-state index contributed by atoms with van der Waals surface area (Å²) in [6, 6.07) is 16.8. The molecule has 7 heteroatoms. The van der Waals surface area contributed by atoms with Crippen molar-refractivity contribution in [2.75, 3.05) is 11.9 Å². The molecule has 0 fully saturated rings. The first-order chi connectivity index (χ1) is 16.1. The summed E-state index contributed by atoms with van der Waals surface area (Å²) in [6.45, 7) is -0.179. The Hall–Kier alpha value is -3.45. The van der Waals surface area contributed by atoms with Gasteiger partial charge in [0.1, 0.15) is 10.8 Å². The van der Waals surface area contributed by atoms with Crippen molar-refractivity contribution < 1.29 is 14.3 Å². The lowest BCUT2D eigenvalue weighted by atomic mass is 9.96. The lowest BCUT2D eigenvalue weighted by molar-refractivity contribution is -0.119. The molecule has 0 aliphatic heterocycles. The van der Waals surface area contributed by atoms with Crippen molar-refractivity contribution in [1.82, 2.24) is 0 Å². The predicted octanol–water partition coefficient (Wildman–Crippen LogP) is 5.27. The summed E-state index contributed by atoms with van der Waals surface area (Å²) >= 11 is 1.61. The number of fused-ring (bicyclic) bond motifs is 1. The topological polar surface area (TPSA) is 93.8 Å². The largest absolute Gasteiger partial charge is 0.484 e. The molecule has 3 aromatic rings. The summed E-state index contributed by atoms with van der Waals surface area (Å²) in [7, 11) is 0. The van der Waals surface area contributed by atoms with Gasteiger partial charge in [0.25, 0.3) is 11.8 Å². The molecule has 0 atom stereocenters. The molecule has 2 aromatic carbocycles. The highest BCUT2D eigenvalue weighted by atomic mass is 32.1. The first-order valence-corrected chi connectivity index (χ1v) is 12.0. The number of carbonyl (C=O) groups excluding carboxylic acids is 2. The van der Waals surface area contributed by atoms with Crippen molar-refractivity contribution in [2.45, 2.75) is 38.5 Å². The molecule has 33 heavy (non-hydrogen) atoms. The van der Waals surface area contributed by atoms with Crippen LogP contribution in [0.3, 0.4) is 0 Å². The number of aliphatic imine (C=N–C) groups is 1. The number of benzene rings is 2. The van der Waals surface area contributed by atoms with Crippen LogP contribution in [-0.2, 0) is 17.6 Å². The number of hydrogen-bond donors (Lipinski definition) is 2. The zero-order valence-corrected chi connectivity index (χ0v) is 19.2. The lowest BCUT2D eigenvalue weighted by Crippen LogP contribution is -2.20. The minimum absolute atomic E-state index is 0.120. The lowest BCUT2D eigenvalue weighted by Gasteiger charge is -2.12. The molecule has 4 rings (SSSR count). The average Bonchev–Trinajstić information content (AvgIpc) is 3.13. The predicted molar refractivity (Wildman–Crippen MR) is 133 cm³/mol. The van der Waals surface area contributed by atoms with Crippen LogP contribution in [0.1, 0.15) is 52.0 Å². The van der Waals surface area contributed by atoms with Crippen LogP contribution in [-0.4, -0.2) is 24.6 Å². The zero-order chi connectivity index (χ0) is 23.0. The van der Waals surface area contributed by atoms with Crippen LogP contribution in [0.15, 0.2) is 59.6 Å². The number of amides is 2. The number of ether oxygens (including phenoxy) is 1. The number of para-hydroxylation sites is 1. The molecule has 0 radical (unpaired) electrons. The maximum Gasteiger partial charge on any atom is 0.259 e. The molecular formula is C26H27N3O3S. The minimum atomic E-state index is -0.529. The van der Waals surface area contributed by atoms with Gasteiger partial charge >= 0.3 is 0 Å². The van der Waals surface area contributed by atoms with Crippen molar-refractivity contribution in [3.05, 3.63) is 76.2 Å². The first-order valence-electron chi connectivity index (χ1n) is 11.2. The monoisotopic (exact) mass is 461 g/mol. The molecule has 0 saturated heterocycles. The van der Waals surface area contributed by atoms with E-state index in [2.05, 4.69) is 5.32 Å². The first kappa shape index (κ1) is 22.7. The number of nitrogens with one attached hydrogen (secondary N) is 1. The van der Waals surface area contributed by atoms with E-state index in [1.165, 1.54) is 17.7 Å². The van der Waals surface area contributed by atoms with Crippen molar-refractivity contribution in [3.63, 3.8) is 0 Å². The van der Waals surface area contributed by atoms with E-state index in [0.717, 1.165) is 47.5 Å². The second-order valence-corrected chi connectivity index (χ2v) is 9.09. The Labute approximate surface area is 197 Å². The SMILES string of the molecule is NC(=O)COc1cccc(C=Nc2sc3c(c2C(=O)Nc2ccccc2)CCCCCC3)c1. The summed E-state index contributed by atoms with van der Waals surface area (Å²) in [5, 5.41) is 3.76. The van der Waals surface area contributed by atoms with Crippen LogP contribution >= 0.6 is 11.3 Å². The van der Waals surface area contributed by atoms with Crippen LogP contribution in [0.2, 0.25) is 0 Å². The summed E-state index contributed by atoms with van der Waals surface area (Å²) in [4.78, 5) is 30.3. The number of thiophene rings is 1. The highest BCUT2D eigenvalue weighted by Gasteiger charge is 2.24. The normalized spacial score (nSPS) is 13.7. The Morgan fingerprint density at radius 2 is 1.82 bits per heavy atom. The molecule has 0 unspecified atom stereocenters. The summed E-state index contributed by atoms with van der Waals surface area (Å²) in [5.41, 5.74) is 8.55. The van der Waals surface area contributed by atoms with Crippen molar-refractivity contribution in [1.29, 1.82) is 0 Å². The number of hydrogen-bond acceptors (Lipinski definition) is 5. The molecule has 0 bridgehead atoms. The molecule has 1 aliphatic rings. The minimum Gasteiger partial charge on any atom is -0.484 e. The summed E-state index contributed by atoms with van der Waals surface area (Å²) < 4.78 is 5.38. The van der Waals surface area contributed by atoms with Gasteiger partial charge in [-0.05, 0) is 61.1 Å². The van der Waals surface area contributed by atoms with E-state index in [1.807, 2.05) is 42.5 Å². The molecule has 1 aromatic heterocycles. The highest BCUT2D eigenvalue weighted by molar-refractivity contribution is 7.16. The Morgan fingerprint density at radius 1 is 1.03 bits per heavy atom. The molecular weight excluding hydrogens is 434 g/mol. The maximum absolute atomic E-state index is 13.3. The number of rotatable bonds is 7. The van der Waals surface area contributed by atoms with Gasteiger partial charge in [-0.15, -0.1) is 11.3 Å². The maximum atomic E-state index is 13.3. The highest BCUT2D eigenvalue weighted by Crippen LogP contribution is 2.39. The van der Waals surface area contributed by atoms with E-state index in [9.17, 15) is 9.59 Å². The average molecular weight is 462 g/mol. The molecule has 1 aliphatic carbocycles. The Balaban J connectivity index is 1.64. The van der Waals surface area contributed by atoms with E-state index in [1.54, 1.807) is 29.7 Å². The van der Waals surface area contributed by atoms with Gasteiger partial charge in [-0.2, -0.15) is 0 Å². The van der Waals surface area contributed by atoms with E-state index in [4.69, 9.17) is 15.5 Å². The number of nitrogens with two attached hydrogens (primary N) is 1. The van der Waals surface area contributed by atoms with Crippen molar-refractivity contribution in [2.24, 2.45) is 10.7 Å². The Kier molecular flexibility index (Phi) is 7.52. The van der Waals surface area contributed by atoms with Gasteiger partial charge in [-0.3, -0.25) is 9.59 Å². The molecule has 3 N–H and O–H groups in total. The number of primary amides is 1. The van der Waals surface area contributed by atoms with Gasteiger partial charge in [0.2, 0.25) is 0 Å². The number of carbonyl (C=O) groups is 2. The van der Waals surface area contributed by atoms with Crippen LogP contribution in [0.25, 0.3) is 0 Å². The van der Waals surface area contributed by atoms with Crippen LogP contribution in [0.4, 0.5) is 10.7 Å². The quantitative estimate of drug-likeness (QED) is 0.469. The number of aryl methyl sites for hydroxylation is 1. The zero-order valence-electron chi connectivity index (χ0n) is 18.4. The van der Waals surface area contributed by atoms with Crippen molar-refractivity contribution >= 4 is 40.1 Å². The molecule has 170 valence electrons. The fourth-order valence-electron chi connectivity index (χ4n) is 3.92. The third kappa shape index (κ3) is 6.08. The van der Waals surface area contributed by atoms with E-state index < -0.39 is 5.91 Å². The van der Waals surface area contributed by atoms with Gasteiger partial charge in [0.05, 0.1) is 5.56 Å². The molecule has 6 nitrogen and oxygen atoms in total. The molecule has 2 amide bonds. The third-order valence-corrected chi connectivity index (χ3v) is 6.68. The summed E-state index contributed by atoms with van der Waals surface area (Å²) in [6.07, 6.45) is 8.24. The third-order valence-electron chi connectivity index (χ3n) is 5.48. The van der Waals surface area contributed by atoms with Crippen LogP contribution in [0.5, 0.6) is 5.75 Å². The Bertz CT molecular complexity index is 1150. The Morgan fingerprint density at radius 3 is 2.61 bits per heavy atom. The fraction of sp³-hybridized carbons (Fsp3) is 0.269. The number of nitrogens with zero attached hydrogens (tertiary/aromatic N) is 1. The van der Waals surface area contributed by atoms with Crippen LogP contribution < -0.4 is 15.8 Å². The fourth-order valence-corrected chi connectivity index (χ4v) is 5.15. The smallest absolute Gasteiger partial charge is 0.259 e. The van der Waals surface area contributed by atoms with Crippen LogP contribution in [0, 0.1) is 0 Å². The van der Waals surface area contributed by atoms with E-state index >= 15 is 0 Å². The molecule has 1 heterocycles. The van der Waals surface area contributed by atoms with E-state index in [0.29, 0.717) is 11.3 Å². The van der Waals surface area contributed by atoms with Gasteiger partial charge < -0.3 is 15.8 Å². The second kappa shape index (κ2) is 10.9. The molecule has 0 saturated carbocycles. The van der Waals surface area contributed by atoms with Gasteiger partial charge in [-0.1, -0.05) is 43.2 Å². The van der Waals surface area contributed by atoms with Crippen molar-refractivity contribution in [3.8, 4) is 5.75 Å².